The molecule has 0 radical (unpaired) electrons. The lowest BCUT2D eigenvalue weighted by Crippen LogP contribution is -2.53. The second kappa shape index (κ2) is 6.89. The van der Waals surface area contributed by atoms with Crippen molar-refractivity contribution in [3.8, 4) is 0 Å². The van der Waals surface area contributed by atoms with Crippen LogP contribution < -0.4 is 5.32 Å². The van der Waals surface area contributed by atoms with E-state index < -0.39 is 0 Å². The third kappa shape index (κ3) is 4.19. The van der Waals surface area contributed by atoms with E-state index in [0.717, 1.165) is 22.2 Å². The van der Waals surface area contributed by atoms with Gasteiger partial charge in [0.1, 0.15) is 0 Å². The van der Waals surface area contributed by atoms with Crippen molar-refractivity contribution in [2.24, 2.45) is 0 Å². The predicted molar refractivity (Wildman–Crippen MR) is 91.0 cm³/mol. The van der Waals surface area contributed by atoms with Gasteiger partial charge in [0, 0.05) is 21.2 Å². The molecule has 0 aromatic heterocycles. The van der Waals surface area contributed by atoms with Gasteiger partial charge in [0.25, 0.3) is 5.91 Å². The highest BCUT2D eigenvalue weighted by Crippen LogP contribution is 2.20. The van der Waals surface area contributed by atoms with Gasteiger partial charge in [-0.05, 0) is 86.6 Å². The fraction of sp³-hybridized carbons (Fsp3) is 0.562. The van der Waals surface area contributed by atoms with E-state index in [1.807, 2.05) is 24.3 Å². The molecule has 0 bridgehead atoms. The van der Waals surface area contributed by atoms with Crippen LogP contribution in [0, 0.1) is 3.57 Å². The molecule has 1 aliphatic rings. The van der Waals surface area contributed by atoms with Crippen LogP contribution in [0.25, 0.3) is 0 Å². The van der Waals surface area contributed by atoms with Crippen molar-refractivity contribution in [3.63, 3.8) is 0 Å². The molecule has 1 fully saturated rings. The number of rotatable bonds is 4. The van der Waals surface area contributed by atoms with Gasteiger partial charge in [-0.3, -0.25) is 9.69 Å². The van der Waals surface area contributed by atoms with Gasteiger partial charge in [0.15, 0.2) is 0 Å². The molecule has 1 N–H and O–H groups in total. The Morgan fingerprint density at radius 3 is 2.40 bits per heavy atom. The van der Waals surface area contributed by atoms with E-state index in [0.29, 0.717) is 6.54 Å². The molecule has 1 amide bonds. The van der Waals surface area contributed by atoms with Gasteiger partial charge in [-0.25, -0.2) is 0 Å². The Morgan fingerprint density at radius 1 is 1.20 bits per heavy atom. The van der Waals surface area contributed by atoms with E-state index in [-0.39, 0.29) is 11.4 Å². The first-order chi connectivity index (χ1) is 9.49. The zero-order chi connectivity index (χ0) is 14.6. The summed E-state index contributed by atoms with van der Waals surface area (Å²) in [4.78, 5) is 14.6. The lowest BCUT2D eigenvalue weighted by atomic mass is 9.98. The molecule has 110 valence electrons. The monoisotopic (exact) mass is 386 g/mol. The van der Waals surface area contributed by atoms with Crippen LogP contribution in [0.1, 0.15) is 43.5 Å². The number of halogens is 1. The van der Waals surface area contributed by atoms with Gasteiger partial charge in [-0.15, -0.1) is 0 Å². The molecule has 1 aromatic carbocycles. The topological polar surface area (TPSA) is 32.3 Å². The maximum atomic E-state index is 12.2. The fourth-order valence-corrected chi connectivity index (χ4v) is 2.97. The number of nitrogens with zero attached hydrogens (tertiary/aromatic N) is 1. The quantitative estimate of drug-likeness (QED) is 0.806. The molecule has 1 aromatic rings. The van der Waals surface area contributed by atoms with Gasteiger partial charge in [0.05, 0.1) is 0 Å². The Morgan fingerprint density at radius 2 is 1.80 bits per heavy atom. The molecule has 1 aliphatic heterocycles. The number of likely N-dealkylation sites (tertiary alicyclic amines) is 1. The zero-order valence-electron chi connectivity index (χ0n) is 12.3. The minimum atomic E-state index is 0.0199. The minimum absolute atomic E-state index is 0.0199. The third-order valence-electron chi connectivity index (χ3n) is 4.00. The molecule has 4 heteroatoms. The Bertz CT molecular complexity index is 450. The van der Waals surface area contributed by atoms with Crippen molar-refractivity contribution in [2.75, 3.05) is 19.6 Å². The van der Waals surface area contributed by atoms with Crippen LogP contribution in [0.5, 0.6) is 0 Å². The van der Waals surface area contributed by atoms with Gasteiger partial charge in [-0.1, -0.05) is 6.42 Å². The highest BCUT2D eigenvalue weighted by molar-refractivity contribution is 14.1. The standard InChI is InChI=1S/C16H23IN2O/c1-16(2,19-10-4-3-5-11-19)12-18-15(20)13-6-8-14(17)9-7-13/h6-9H,3-5,10-12H2,1-2H3,(H,18,20). The normalized spacial score (nSPS) is 16.9. The Kier molecular flexibility index (Phi) is 5.43. The van der Waals surface area contributed by atoms with E-state index in [2.05, 4.69) is 46.7 Å². The number of benzene rings is 1. The Labute approximate surface area is 135 Å². The molecule has 0 unspecified atom stereocenters. The molecule has 0 atom stereocenters. The Balaban J connectivity index is 1.90. The van der Waals surface area contributed by atoms with Crippen molar-refractivity contribution in [1.29, 1.82) is 0 Å². The molecule has 20 heavy (non-hydrogen) atoms. The van der Waals surface area contributed by atoms with Crippen molar-refractivity contribution < 1.29 is 4.79 Å². The first-order valence-electron chi connectivity index (χ1n) is 7.28. The number of carbonyl (C=O) groups excluding carboxylic acids is 1. The van der Waals surface area contributed by atoms with E-state index in [4.69, 9.17) is 0 Å². The summed E-state index contributed by atoms with van der Waals surface area (Å²) in [6, 6.07) is 7.69. The number of piperidine rings is 1. The van der Waals surface area contributed by atoms with Crippen LogP contribution in [-0.2, 0) is 0 Å². The second-order valence-corrected chi connectivity index (χ2v) is 7.30. The predicted octanol–water partition coefficient (Wildman–Crippen LogP) is 3.29. The third-order valence-corrected chi connectivity index (χ3v) is 4.72. The molecule has 2 rings (SSSR count). The van der Waals surface area contributed by atoms with E-state index in [1.54, 1.807) is 0 Å². The SMILES string of the molecule is CC(C)(CNC(=O)c1ccc(I)cc1)N1CCCCC1. The van der Waals surface area contributed by atoms with Gasteiger partial charge < -0.3 is 5.32 Å². The molecule has 3 nitrogen and oxygen atoms in total. The van der Waals surface area contributed by atoms with Crippen LogP contribution in [0.15, 0.2) is 24.3 Å². The van der Waals surface area contributed by atoms with Gasteiger partial charge in [-0.2, -0.15) is 0 Å². The number of hydrogen-bond donors (Lipinski definition) is 1. The molecule has 0 saturated carbocycles. The highest BCUT2D eigenvalue weighted by Gasteiger charge is 2.28. The summed E-state index contributed by atoms with van der Waals surface area (Å²) >= 11 is 2.24. The maximum absolute atomic E-state index is 12.2. The number of hydrogen-bond acceptors (Lipinski definition) is 2. The van der Waals surface area contributed by atoms with Gasteiger partial charge >= 0.3 is 0 Å². The second-order valence-electron chi connectivity index (χ2n) is 6.05. The first kappa shape index (κ1) is 15.8. The summed E-state index contributed by atoms with van der Waals surface area (Å²) in [6.45, 7) is 7.41. The summed E-state index contributed by atoms with van der Waals surface area (Å²) < 4.78 is 1.15. The van der Waals surface area contributed by atoms with Crippen molar-refractivity contribution in [3.05, 3.63) is 33.4 Å². The van der Waals surface area contributed by atoms with E-state index in [9.17, 15) is 4.79 Å². The molecule has 1 heterocycles. The molecule has 1 saturated heterocycles. The summed E-state index contributed by atoms with van der Waals surface area (Å²) in [5.74, 6) is 0.0199. The summed E-state index contributed by atoms with van der Waals surface area (Å²) in [5, 5.41) is 3.07. The average molecular weight is 386 g/mol. The van der Waals surface area contributed by atoms with Crippen molar-refractivity contribution >= 4 is 28.5 Å². The summed E-state index contributed by atoms with van der Waals surface area (Å²) in [7, 11) is 0. The number of carbonyl (C=O) groups is 1. The van der Waals surface area contributed by atoms with Crippen LogP contribution in [0.3, 0.4) is 0 Å². The van der Waals surface area contributed by atoms with E-state index >= 15 is 0 Å². The average Bonchev–Trinajstić information content (AvgIpc) is 2.46. The van der Waals surface area contributed by atoms with Crippen LogP contribution in [-0.4, -0.2) is 36.0 Å². The van der Waals surface area contributed by atoms with E-state index in [1.165, 1.54) is 19.3 Å². The highest BCUT2D eigenvalue weighted by atomic mass is 127. The lowest BCUT2D eigenvalue weighted by molar-refractivity contribution is 0.0797. The zero-order valence-corrected chi connectivity index (χ0v) is 14.4. The summed E-state index contributed by atoms with van der Waals surface area (Å²) in [6.07, 6.45) is 3.88. The Hall–Kier alpha value is -0.620. The first-order valence-corrected chi connectivity index (χ1v) is 8.36. The smallest absolute Gasteiger partial charge is 0.251 e. The molecule has 0 spiro atoms. The number of nitrogens with one attached hydrogen (secondary N) is 1. The van der Waals surface area contributed by atoms with Crippen molar-refractivity contribution in [2.45, 2.75) is 38.6 Å². The molecular weight excluding hydrogens is 363 g/mol. The molecule has 0 aliphatic carbocycles. The van der Waals surface area contributed by atoms with Gasteiger partial charge in [0.2, 0.25) is 0 Å². The lowest BCUT2D eigenvalue weighted by Gasteiger charge is -2.41. The number of amides is 1. The molecular formula is C16H23IN2O. The summed E-state index contributed by atoms with van der Waals surface area (Å²) in [5.41, 5.74) is 0.763. The van der Waals surface area contributed by atoms with Crippen molar-refractivity contribution in [1.82, 2.24) is 10.2 Å². The largest absolute Gasteiger partial charge is 0.350 e. The van der Waals surface area contributed by atoms with Crippen LogP contribution in [0.4, 0.5) is 0 Å². The van der Waals surface area contributed by atoms with Crippen LogP contribution in [0.2, 0.25) is 0 Å². The maximum Gasteiger partial charge on any atom is 0.251 e. The van der Waals surface area contributed by atoms with Crippen LogP contribution >= 0.6 is 22.6 Å². The fourth-order valence-electron chi connectivity index (χ4n) is 2.61. The minimum Gasteiger partial charge on any atom is -0.350 e.